The van der Waals surface area contributed by atoms with Gasteiger partial charge in [0.25, 0.3) is 5.91 Å². The van der Waals surface area contributed by atoms with Gasteiger partial charge in [0.15, 0.2) is 18.1 Å². The average Bonchev–Trinajstić information content (AvgIpc) is 3.29. The number of benzene rings is 1. The van der Waals surface area contributed by atoms with E-state index in [0.29, 0.717) is 41.4 Å². The molecule has 0 atom stereocenters. The van der Waals surface area contributed by atoms with Crippen LogP contribution in [0.15, 0.2) is 53.2 Å². The van der Waals surface area contributed by atoms with E-state index in [4.69, 9.17) is 13.9 Å². The second kappa shape index (κ2) is 11.9. The van der Waals surface area contributed by atoms with E-state index in [1.807, 2.05) is 13.0 Å². The van der Waals surface area contributed by atoms with Crippen molar-refractivity contribution in [1.29, 1.82) is 5.26 Å². The number of carbonyl (C=O) groups is 2. The molecule has 0 aliphatic rings. The predicted molar refractivity (Wildman–Crippen MR) is 113 cm³/mol. The lowest BCUT2D eigenvalue weighted by Gasteiger charge is -2.16. The zero-order valence-electron chi connectivity index (χ0n) is 17.5. The highest BCUT2D eigenvalue weighted by Gasteiger charge is 2.16. The lowest BCUT2D eigenvalue weighted by atomic mass is 10.0. The number of hydrogen-bond donors (Lipinski definition) is 1. The molecule has 0 aliphatic carbocycles. The summed E-state index contributed by atoms with van der Waals surface area (Å²) in [4.78, 5) is 23.9. The van der Waals surface area contributed by atoms with Gasteiger partial charge in [-0.25, -0.2) is 4.79 Å². The number of nitrogens with one attached hydrogen (secondary N) is 1. The highest BCUT2D eigenvalue weighted by molar-refractivity contribution is 6.01. The zero-order chi connectivity index (χ0) is 22.6. The van der Waals surface area contributed by atoms with E-state index in [1.54, 1.807) is 30.3 Å². The molecule has 0 saturated heterocycles. The summed E-state index contributed by atoms with van der Waals surface area (Å²) in [5.74, 6) is 0.268. The standard InChI is InChI=1S/C23H24N2O6/c1-4-7-17-10-16(12-20(29-5-2)22(17)31-15-21(26)28-3)11-18(13-24)23(27)25-14-19-8-6-9-30-19/h4,6,8-12H,1,5,7,14-15H2,2-3H3,(H,25,27). The van der Waals surface area contributed by atoms with E-state index in [-0.39, 0.29) is 18.7 Å². The Labute approximate surface area is 180 Å². The Balaban J connectivity index is 2.34. The third-order valence-electron chi connectivity index (χ3n) is 4.06. The Kier molecular flexibility index (Phi) is 8.92. The summed E-state index contributed by atoms with van der Waals surface area (Å²) in [6, 6.07) is 8.73. The fourth-order valence-corrected chi connectivity index (χ4v) is 2.68. The smallest absolute Gasteiger partial charge is 0.343 e. The second-order valence-corrected chi connectivity index (χ2v) is 6.23. The number of esters is 1. The van der Waals surface area contributed by atoms with Crippen LogP contribution >= 0.6 is 0 Å². The monoisotopic (exact) mass is 424 g/mol. The number of carbonyl (C=O) groups excluding carboxylic acids is 2. The maximum Gasteiger partial charge on any atom is 0.343 e. The molecule has 1 amide bonds. The molecule has 2 rings (SSSR count). The summed E-state index contributed by atoms with van der Waals surface area (Å²) < 4.78 is 21.1. The highest BCUT2D eigenvalue weighted by atomic mass is 16.6. The van der Waals surface area contributed by atoms with Crippen LogP contribution in [-0.2, 0) is 27.3 Å². The summed E-state index contributed by atoms with van der Waals surface area (Å²) in [6.45, 7) is 5.78. The minimum Gasteiger partial charge on any atom is -0.490 e. The number of hydrogen-bond acceptors (Lipinski definition) is 7. The van der Waals surface area contributed by atoms with Crippen LogP contribution in [0.25, 0.3) is 6.08 Å². The molecule has 1 aromatic heterocycles. The van der Waals surface area contributed by atoms with Gasteiger partial charge >= 0.3 is 5.97 Å². The summed E-state index contributed by atoms with van der Waals surface area (Å²) >= 11 is 0. The first kappa shape index (κ1) is 23.3. The first-order valence-electron chi connectivity index (χ1n) is 9.54. The van der Waals surface area contributed by atoms with Crippen molar-refractivity contribution < 1.29 is 28.2 Å². The van der Waals surface area contributed by atoms with Crippen molar-refractivity contribution in [3.8, 4) is 17.6 Å². The topological polar surface area (TPSA) is 111 Å². The first-order valence-corrected chi connectivity index (χ1v) is 9.54. The van der Waals surface area contributed by atoms with E-state index >= 15 is 0 Å². The van der Waals surface area contributed by atoms with Crippen molar-refractivity contribution in [1.82, 2.24) is 5.32 Å². The van der Waals surface area contributed by atoms with E-state index in [9.17, 15) is 14.9 Å². The lowest BCUT2D eigenvalue weighted by molar-refractivity contribution is -0.142. The second-order valence-electron chi connectivity index (χ2n) is 6.23. The van der Waals surface area contributed by atoms with Crippen LogP contribution in [0.3, 0.4) is 0 Å². The number of ether oxygens (including phenoxy) is 3. The quantitative estimate of drug-likeness (QED) is 0.255. The molecule has 0 spiro atoms. The number of methoxy groups -OCH3 is 1. The molecular weight excluding hydrogens is 400 g/mol. The summed E-state index contributed by atoms with van der Waals surface area (Å²) in [6.07, 6.45) is 5.05. The van der Waals surface area contributed by atoms with Crippen LogP contribution < -0.4 is 14.8 Å². The van der Waals surface area contributed by atoms with E-state index < -0.39 is 11.9 Å². The number of amides is 1. The largest absolute Gasteiger partial charge is 0.490 e. The molecule has 1 N–H and O–H groups in total. The molecule has 8 heteroatoms. The molecule has 162 valence electrons. The molecule has 0 fully saturated rings. The van der Waals surface area contributed by atoms with Crippen LogP contribution in [0.4, 0.5) is 0 Å². The minimum absolute atomic E-state index is 0.0817. The van der Waals surface area contributed by atoms with E-state index in [0.717, 1.165) is 0 Å². The van der Waals surface area contributed by atoms with Gasteiger partial charge in [0.05, 0.1) is 26.5 Å². The zero-order valence-corrected chi connectivity index (χ0v) is 17.5. The lowest BCUT2D eigenvalue weighted by Crippen LogP contribution is -2.23. The van der Waals surface area contributed by atoms with Crippen molar-refractivity contribution in [3.63, 3.8) is 0 Å². The van der Waals surface area contributed by atoms with Gasteiger partial charge in [0.2, 0.25) is 0 Å². The number of allylic oxidation sites excluding steroid dienone is 1. The van der Waals surface area contributed by atoms with Crippen molar-refractivity contribution in [2.45, 2.75) is 19.9 Å². The van der Waals surface area contributed by atoms with Gasteiger partial charge in [-0.15, -0.1) is 6.58 Å². The van der Waals surface area contributed by atoms with Crippen molar-refractivity contribution in [2.24, 2.45) is 0 Å². The molecule has 2 aromatic rings. The molecule has 0 unspecified atom stereocenters. The predicted octanol–water partition coefficient (Wildman–Crippen LogP) is 3.18. The Morgan fingerprint density at radius 3 is 2.74 bits per heavy atom. The Bertz CT molecular complexity index is 986. The Morgan fingerprint density at radius 2 is 2.13 bits per heavy atom. The highest BCUT2D eigenvalue weighted by Crippen LogP contribution is 2.34. The van der Waals surface area contributed by atoms with Gasteiger partial charge in [-0.05, 0) is 49.2 Å². The molecule has 1 heterocycles. The van der Waals surface area contributed by atoms with Gasteiger partial charge < -0.3 is 23.9 Å². The minimum atomic E-state index is -0.534. The molecule has 0 saturated carbocycles. The molecule has 0 aliphatic heterocycles. The van der Waals surface area contributed by atoms with Gasteiger partial charge in [0, 0.05) is 5.56 Å². The Hall–Kier alpha value is -3.99. The number of rotatable bonds is 11. The number of furan rings is 1. The van der Waals surface area contributed by atoms with Gasteiger partial charge in [-0.3, -0.25) is 4.79 Å². The summed E-state index contributed by atoms with van der Waals surface area (Å²) in [5.41, 5.74) is 1.17. The van der Waals surface area contributed by atoms with E-state index in [2.05, 4.69) is 16.6 Å². The van der Waals surface area contributed by atoms with Gasteiger partial charge in [0.1, 0.15) is 17.4 Å². The summed E-state index contributed by atoms with van der Waals surface area (Å²) in [5, 5.41) is 12.1. The van der Waals surface area contributed by atoms with Crippen LogP contribution in [0, 0.1) is 11.3 Å². The van der Waals surface area contributed by atoms with Crippen LogP contribution in [0.5, 0.6) is 11.5 Å². The van der Waals surface area contributed by atoms with Crippen LogP contribution in [0.2, 0.25) is 0 Å². The summed E-state index contributed by atoms with van der Waals surface area (Å²) in [7, 11) is 1.27. The SMILES string of the molecule is C=CCc1cc(C=C(C#N)C(=O)NCc2ccco2)cc(OCC)c1OCC(=O)OC. The van der Waals surface area contributed by atoms with E-state index in [1.165, 1.54) is 19.4 Å². The fourth-order valence-electron chi connectivity index (χ4n) is 2.68. The van der Waals surface area contributed by atoms with Crippen LogP contribution in [-0.4, -0.2) is 32.2 Å². The fraction of sp³-hybridized carbons (Fsp3) is 0.261. The molecule has 0 radical (unpaired) electrons. The maximum absolute atomic E-state index is 12.4. The van der Waals surface area contributed by atoms with Crippen molar-refractivity contribution in [3.05, 3.63) is 65.6 Å². The number of nitriles is 1. The third-order valence-corrected chi connectivity index (χ3v) is 4.06. The molecule has 1 aromatic carbocycles. The molecule has 0 bridgehead atoms. The molecular formula is C23H24N2O6. The molecule has 8 nitrogen and oxygen atoms in total. The van der Waals surface area contributed by atoms with Crippen molar-refractivity contribution in [2.75, 3.05) is 20.3 Å². The maximum atomic E-state index is 12.4. The normalized spacial score (nSPS) is 10.7. The van der Waals surface area contributed by atoms with Crippen LogP contribution in [0.1, 0.15) is 23.8 Å². The first-order chi connectivity index (χ1) is 15.0. The average molecular weight is 424 g/mol. The van der Waals surface area contributed by atoms with Crippen molar-refractivity contribution >= 4 is 18.0 Å². The van der Waals surface area contributed by atoms with Gasteiger partial charge in [-0.2, -0.15) is 5.26 Å². The Morgan fingerprint density at radius 1 is 1.32 bits per heavy atom. The van der Waals surface area contributed by atoms with Gasteiger partial charge in [-0.1, -0.05) is 6.08 Å². The number of nitrogens with zero attached hydrogens (tertiary/aromatic N) is 1. The molecule has 31 heavy (non-hydrogen) atoms. The third kappa shape index (κ3) is 6.78.